The summed E-state index contributed by atoms with van der Waals surface area (Å²) < 4.78 is 11.5. The first-order chi connectivity index (χ1) is 14.0. The standard InChI is InChI=1S/C21H27N5O3/c1-11-18(16-8-14-9-17(28-4)23-12(2)19(14)29-16)20(26-21(22-3)24-11)25-15-6-5-13(7-15)10-27/h8-9,13,15,27H,5-7,10H2,1-4H3,(H2,22,24,25,26). The van der Waals surface area contributed by atoms with Crippen molar-refractivity contribution in [3.05, 3.63) is 23.5 Å². The summed E-state index contributed by atoms with van der Waals surface area (Å²) in [5.41, 5.74) is 3.16. The fourth-order valence-corrected chi connectivity index (χ4v) is 4.05. The highest BCUT2D eigenvalue weighted by atomic mass is 16.5. The summed E-state index contributed by atoms with van der Waals surface area (Å²) in [6.07, 6.45) is 2.94. The summed E-state index contributed by atoms with van der Waals surface area (Å²) in [6.45, 7) is 4.08. The number of rotatable bonds is 6. The number of pyridine rings is 1. The number of anilines is 2. The van der Waals surface area contributed by atoms with Gasteiger partial charge in [0.05, 0.1) is 24.1 Å². The Morgan fingerprint density at radius 3 is 2.69 bits per heavy atom. The SMILES string of the molecule is CNc1nc(C)c(-c2cc3cc(OC)nc(C)c3o2)c(NC2CCC(CO)C2)n1. The number of fused-ring (bicyclic) bond motifs is 1. The average molecular weight is 397 g/mol. The second-order valence-electron chi connectivity index (χ2n) is 7.59. The van der Waals surface area contributed by atoms with Crippen LogP contribution in [0.3, 0.4) is 0 Å². The highest BCUT2D eigenvalue weighted by molar-refractivity contribution is 5.88. The summed E-state index contributed by atoms with van der Waals surface area (Å²) in [4.78, 5) is 13.6. The van der Waals surface area contributed by atoms with Crippen molar-refractivity contribution in [1.82, 2.24) is 15.0 Å². The van der Waals surface area contributed by atoms with Crippen LogP contribution in [0.5, 0.6) is 5.88 Å². The maximum atomic E-state index is 9.46. The predicted molar refractivity (Wildman–Crippen MR) is 112 cm³/mol. The first kappa shape index (κ1) is 19.4. The molecule has 1 aliphatic rings. The van der Waals surface area contributed by atoms with Gasteiger partial charge < -0.3 is 24.9 Å². The molecule has 3 N–H and O–H groups in total. The number of nitrogens with zero attached hydrogens (tertiary/aromatic N) is 3. The van der Waals surface area contributed by atoms with Crippen molar-refractivity contribution < 1.29 is 14.3 Å². The van der Waals surface area contributed by atoms with E-state index in [9.17, 15) is 5.11 Å². The fourth-order valence-electron chi connectivity index (χ4n) is 4.05. The molecule has 0 aliphatic heterocycles. The lowest BCUT2D eigenvalue weighted by molar-refractivity contribution is 0.229. The third-order valence-corrected chi connectivity index (χ3v) is 5.56. The molecule has 154 valence electrons. The summed E-state index contributed by atoms with van der Waals surface area (Å²) >= 11 is 0. The van der Waals surface area contributed by atoms with Gasteiger partial charge in [-0.2, -0.15) is 4.98 Å². The van der Waals surface area contributed by atoms with Crippen molar-refractivity contribution in [3.8, 4) is 17.2 Å². The van der Waals surface area contributed by atoms with Gasteiger partial charge in [-0.1, -0.05) is 0 Å². The lowest BCUT2D eigenvalue weighted by Gasteiger charge is -2.18. The molecule has 1 aliphatic carbocycles. The molecule has 4 rings (SSSR count). The number of aliphatic hydroxyl groups excluding tert-OH is 1. The van der Waals surface area contributed by atoms with Crippen molar-refractivity contribution in [2.75, 3.05) is 31.4 Å². The third kappa shape index (κ3) is 3.72. The van der Waals surface area contributed by atoms with E-state index in [1.807, 2.05) is 26.0 Å². The normalized spacial score (nSPS) is 18.9. The van der Waals surface area contributed by atoms with E-state index in [2.05, 4.69) is 25.6 Å². The molecule has 2 atom stereocenters. The average Bonchev–Trinajstić information content (AvgIpc) is 3.34. The van der Waals surface area contributed by atoms with Crippen LogP contribution in [0.2, 0.25) is 0 Å². The first-order valence-electron chi connectivity index (χ1n) is 9.91. The minimum Gasteiger partial charge on any atom is -0.481 e. The third-order valence-electron chi connectivity index (χ3n) is 5.56. The van der Waals surface area contributed by atoms with Gasteiger partial charge in [0.25, 0.3) is 0 Å². The van der Waals surface area contributed by atoms with Crippen LogP contribution >= 0.6 is 0 Å². The molecule has 1 saturated carbocycles. The van der Waals surface area contributed by atoms with Gasteiger partial charge in [0.15, 0.2) is 5.58 Å². The molecule has 1 fully saturated rings. The predicted octanol–water partition coefficient (Wildman–Crippen LogP) is 3.52. The van der Waals surface area contributed by atoms with Crippen LogP contribution in [0.4, 0.5) is 11.8 Å². The van der Waals surface area contributed by atoms with Crippen molar-refractivity contribution >= 4 is 22.7 Å². The largest absolute Gasteiger partial charge is 0.481 e. The Morgan fingerprint density at radius 1 is 1.17 bits per heavy atom. The number of aliphatic hydroxyl groups is 1. The van der Waals surface area contributed by atoms with Crippen molar-refractivity contribution in [1.29, 1.82) is 0 Å². The van der Waals surface area contributed by atoms with E-state index in [0.717, 1.165) is 53.0 Å². The second kappa shape index (κ2) is 7.87. The number of hydrogen-bond donors (Lipinski definition) is 3. The Bertz CT molecular complexity index is 1030. The minimum atomic E-state index is 0.229. The number of ether oxygens (including phenoxy) is 1. The minimum absolute atomic E-state index is 0.229. The Hall–Kier alpha value is -2.87. The fraction of sp³-hybridized carbons (Fsp3) is 0.476. The maximum absolute atomic E-state index is 9.46. The van der Waals surface area contributed by atoms with Gasteiger partial charge in [0, 0.05) is 31.1 Å². The number of hydrogen-bond acceptors (Lipinski definition) is 8. The Kier molecular flexibility index (Phi) is 5.27. The smallest absolute Gasteiger partial charge is 0.224 e. The molecule has 0 spiro atoms. The lowest BCUT2D eigenvalue weighted by Crippen LogP contribution is -2.19. The Labute approximate surface area is 169 Å². The molecular formula is C21H27N5O3. The van der Waals surface area contributed by atoms with Crippen LogP contribution in [0.15, 0.2) is 16.5 Å². The topological polar surface area (TPSA) is 105 Å². The van der Waals surface area contributed by atoms with Gasteiger partial charge >= 0.3 is 0 Å². The van der Waals surface area contributed by atoms with Crippen LogP contribution in [-0.4, -0.2) is 46.9 Å². The van der Waals surface area contributed by atoms with Crippen molar-refractivity contribution in [2.45, 2.75) is 39.2 Å². The van der Waals surface area contributed by atoms with E-state index in [1.165, 1.54) is 0 Å². The summed E-state index contributed by atoms with van der Waals surface area (Å²) in [7, 11) is 3.41. The molecule has 3 aromatic rings. The molecule has 3 heterocycles. The second-order valence-corrected chi connectivity index (χ2v) is 7.59. The molecule has 8 nitrogen and oxygen atoms in total. The van der Waals surface area contributed by atoms with Gasteiger partial charge in [0.1, 0.15) is 11.6 Å². The summed E-state index contributed by atoms with van der Waals surface area (Å²) in [5.74, 6) is 2.89. The monoisotopic (exact) mass is 397 g/mol. The highest BCUT2D eigenvalue weighted by Crippen LogP contribution is 2.37. The molecule has 29 heavy (non-hydrogen) atoms. The molecule has 3 aromatic heterocycles. The van der Waals surface area contributed by atoms with E-state index in [1.54, 1.807) is 14.2 Å². The van der Waals surface area contributed by atoms with Gasteiger partial charge in [-0.15, -0.1) is 0 Å². The zero-order chi connectivity index (χ0) is 20.5. The molecular weight excluding hydrogens is 370 g/mol. The van der Waals surface area contributed by atoms with Crippen molar-refractivity contribution in [3.63, 3.8) is 0 Å². The number of aryl methyl sites for hydroxylation is 2. The maximum Gasteiger partial charge on any atom is 0.224 e. The molecule has 0 radical (unpaired) electrons. The molecule has 8 heteroatoms. The highest BCUT2D eigenvalue weighted by Gasteiger charge is 2.27. The van der Waals surface area contributed by atoms with Crippen LogP contribution in [0, 0.1) is 19.8 Å². The lowest BCUT2D eigenvalue weighted by atomic mass is 10.1. The van der Waals surface area contributed by atoms with Gasteiger partial charge in [-0.3, -0.25) is 0 Å². The van der Waals surface area contributed by atoms with E-state index >= 15 is 0 Å². The van der Waals surface area contributed by atoms with Gasteiger partial charge in [-0.25, -0.2) is 9.97 Å². The molecule has 0 aromatic carbocycles. The van der Waals surface area contributed by atoms with Gasteiger partial charge in [0.2, 0.25) is 11.8 Å². The van der Waals surface area contributed by atoms with E-state index in [-0.39, 0.29) is 12.6 Å². The van der Waals surface area contributed by atoms with Gasteiger partial charge in [-0.05, 0) is 45.1 Å². The summed E-state index contributed by atoms with van der Waals surface area (Å²) in [5, 5.41) is 17.0. The Balaban J connectivity index is 1.78. The number of furan rings is 1. The van der Waals surface area contributed by atoms with Crippen molar-refractivity contribution in [2.24, 2.45) is 5.92 Å². The van der Waals surface area contributed by atoms with Crippen LogP contribution < -0.4 is 15.4 Å². The molecule has 0 bridgehead atoms. The van der Waals surface area contributed by atoms with E-state index < -0.39 is 0 Å². The number of aromatic nitrogens is 3. The molecule has 2 unspecified atom stereocenters. The zero-order valence-corrected chi connectivity index (χ0v) is 17.2. The molecule has 0 amide bonds. The first-order valence-corrected chi connectivity index (χ1v) is 9.91. The zero-order valence-electron chi connectivity index (χ0n) is 17.2. The summed E-state index contributed by atoms with van der Waals surface area (Å²) in [6, 6.07) is 4.11. The van der Waals surface area contributed by atoms with Crippen LogP contribution in [-0.2, 0) is 0 Å². The number of nitrogens with one attached hydrogen (secondary N) is 2. The number of methoxy groups -OCH3 is 1. The molecule has 0 saturated heterocycles. The Morgan fingerprint density at radius 2 is 2.00 bits per heavy atom. The quantitative estimate of drug-likeness (QED) is 0.580. The van der Waals surface area contributed by atoms with Crippen LogP contribution in [0.1, 0.15) is 30.7 Å². The van der Waals surface area contributed by atoms with E-state index in [0.29, 0.717) is 23.5 Å². The van der Waals surface area contributed by atoms with E-state index in [4.69, 9.17) is 9.15 Å². The van der Waals surface area contributed by atoms with Crippen LogP contribution in [0.25, 0.3) is 22.3 Å².